The maximum atomic E-state index is 13.0. The zero-order chi connectivity index (χ0) is 16.4. The molecule has 23 heavy (non-hydrogen) atoms. The molecule has 0 amide bonds. The fourth-order valence-electron chi connectivity index (χ4n) is 3.28. The molecular weight excluding hydrogens is 312 g/mol. The lowest BCUT2D eigenvalue weighted by molar-refractivity contribution is -0.0225. The van der Waals surface area contributed by atoms with Crippen molar-refractivity contribution in [3.8, 4) is 11.4 Å². The van der Waals surface area contributed by atoms with Gasteiger partial charge in [0.2, 0.25) is 0 Å². The van der Waals surface area contributed by atoms with Gasteiger partial charge in [-0.15, -0.1) is 0 Å². The SMILES string of the molecule is Cc1ccc2nc3n(c(=O)c2c1)C(C)(O)Cc1ccc(Cl)cc1-3. The van der Waals surface area contributed by atoms with E-state index in [1.165, 1.54) is 4.57 Å². The number of fused-ring (bicyclic) bond motifs is 4. The first-order chi connectivity index (χ1) is 10.9. The van der Waals surface area contributed by atoms with Gasteiger partial charge in [0.15, 0.2) is 0 Å². The second kappa shape index (κ2) is 4.66. The number of aryl methyl sites for hydroxylation is 1. The summed E-state index contributed by atoms with van der Waals surface area (Å²) in [5.41, 5.74) is 1.77. The first-order valence-corrected chi connectivity index (χ1v) is 7.80. The summed E-state index contributed by atoms with van der Waals surface area (Å²) < 4.78 is 1.38. The van der Waals surface area contributed by atoms with Gasteiger partial charge in [-0.2, -0.15) is 0 Å². The van der Waals surface area contributed by atoms with Gasteiger partial charge in [0.25, 0.3) is 5.56 Å². The largest absolute Gasteiger partial charge is 0.370 e. The van der Waals surface area contributed by atoms with Crippen molar-refractivity contribution in [2.24, 2.45) is 0 Å². The highest BCUT2D eigenvalue weighted by Crippen LogP contribution is 2.36. The van der Waals surface area contributed by atoms with Gasteiger partial charge >= 0.3 is 0 Å². The highest BCUT2D eigenvalue weighted by Gasteiger charge is 2.35. The smallest absolute Gasteiger partial charge is 0.264 e. The molecule has 0 saturated carbocycles. The van der Waals surface area contributed by atoms with Crippen molar-refractivity contribution >= 4 is 22.5 Å². The highest BCUT2D eigenvalue weighted by atomic mass is 35.5. The van der Waals surface area contributed by atoms with Gasteiger partial charge < -0.3 is 5.11 Å². The maximum Gasteiger partial charge on any atom is 0.264 e. The Morgan fingerprint density at radius 2 is 2.04 bits per heavy atom. The third-order valence-electron chi connectivity index (χ3n) is 4.34. The maximum absolute atomic E-state index is 13.0. The quantitative estimate of drug-likeness (QED) is 0.690. The molecule has 1 aliphatic rings. The Labute approximate surface area is 138 Å². The van der Waals surface area contributed by atoms with E-state index in [4.69, 9.17) is 11.6 Å². The number of hydrogen-bond acceptors (Lipinski definition) is 3. The molecule has 4 rings (SSSR count). The normalized spacial score (nSPS) is 19.5. The fraction of sp³-hybridized carbons (Fsp3) is 0.222. The van der Waals surface area contributed by atoms with E-state index < -0.39 is 5.72 Å². The van der Waals surface area contributed by atoms with Crippen molar-refractivity contribution in [2.45, 2.75) is 26.0 Å². The van der Waals surface area contributed by atoms with Crippen LogP contribution in [0.25, 0.3) is 22.3 Å². The summed E-state index contributed by atoms with van der Waals surface area (Å²) in [5.74, 6) is 0.458. The van der Waals surface area contributed by atoms with E-state index in [2.05, 4.69) is 4.98 Å². The van der Waals surface area contributed by atoms with Crippen LogP contribution < -0.4 is 5.56 Å². The summed E-state index contributed by atoms with van der Waals surface area (Å²) in [6.07, 6.45) is 0.339. The monoisotopic (exact) mass is 326 g/mol. The lowest BCUT2D eigenvalue weighted by Crippen LogP contribution is -2.44. The number of rotatable bonds is 0. The molecule has 2 aromatic carbocycles. The van der Waals surface area contributed by atoms with Crippen molar-refractivity contribution in [3.05, 3.63) is 62.9 Å². The second-order valence-corrected chi connectivity index (χ2v) is 6.73. The molecule has 1 aliphatic heterocycles. The van der Waals surface area contributed by atoms with Crippen LogP contribution in [-0.2, 0) is 12.1 Å². The van der Waals surface area contributed by atoms with Gasteiger partial charge in [0, 0.05) is 17.0 Å². The molecule has 116 valence electrons. The van der Waals surface area contributed by atoms with Gasteiger partial charge in [0.1, 0.15) is 11.5 Å². The average molecular weight is 327 g/mol. The molecule has 3 aromatic rings. The Bertz CT molecular complexity index is 1020. The zero-order valence-electron chi connectivity index (χ0n) is 12.8. The van der Waals surface area contributed by atoms with E-state index >= 15 is 0 Å². The van der Waals surface area contributed by atoms with Crippen LogP contribution in [0.15, 0.2) is 41.2 Å². The van der Waals surface area contributed by atoms with E-state index in [9.17, 15) is 9.90 Å². The molecule has 0 spiro atoms. The van der Waals surface area contributed by atoms with Crippen molar-refractivity contribution in [1.82, 2.24) is 9.55 Å². The van der Waals surface area contributed by atoms with Crippen LogP contribution in [0.3, 0.4) is 0 Å². The lowest BCUT2D eigenvalue weighted by Gasteiger charge is -2.34. The van der Waals surface area contributed by atoms with Crippen LogP contribution in [0, 0.1) is 6.92 Å². The van der Waals surface area contributed by atoms with E-state index in [-0.39, 0.29) is 5.56 Å². The molecule has 0 bridgehead atoms. The molecule has 2 heterocycles. The number of hydrogen-bond donors (Lipinski definition) is 1. The molecular formula is C18H15ClN2O2. The first kappa shape index (κ1) is 14.4. The average Bonchev–Trinajstić information content (AvgIpc) is 2.48. The molecule has 5 heteroatoms. The van der Waals surface area contributed by atoms with E-state index in [0.717, 1.165) is 16.7 Å². The van der Waals surface area contributed by atoms with Gasteiger partial charge in [-0.1, -0.05) is 29.3 Å². The Balaban J connectivity index is 2.18. The highest BCUT2D eigenvalue weighted by molar-refractivity contribution is 6.30. The molecule has 0 radical (unpaired) electrons. The fourth-order valence-corrected chi connectivity index (χ4v) is 3.45. The summed E-state index contributed by atoms with van der Waals surface area (Å²) in [6, 6.07) is 11.0. The molecule has 4 nitrogen and oxygen atoms in total. The summed E-state index contributed by atoms with van der Waals surface area (Å²) >= 11 is 6.12. The van der Waals surface area contributed by atoms with Crippen molar-refractivity contribution < 1.29 is 5.11 Å². The topological polar surface area (TPSA) is 55.1 Å². The predicted octanol–water partition coefficient (Wildman–Crippen LogP) is 3.25. The molecule has 0 saturated heterocycles. The zero-order valence-corrected chi connectivity index (χ0v) is 13.6. The molecule has 1 aromatic heterocycles. The van der Waals surface area contributed by atoms with Crippen LogP contribution >= 0.6 is 11.6 Å². The Hall–Kier alpha value is -2.17. The minimum atomic E-state index is -1.32. The molecule has 0 fully saturated rings. The number of aliphatic hydroxyl groups is 1. The van der Waals surface area contributed by atoms with Gasteiger partial charge in [-0.25, -0.2) is 4.98 Å². The lowest BCUT2D eigenvalue weighted by atomic mass is 9.93. The Morgan fingerprint density at radius 3 is 2.83 bits per heavy atom. The summed E-state index contributed by atoms with van der Waals surface area (Å²) in [4.78, 5) is 17.6. The van der Waals surface area contributed by atoms with Gasteiger partial charge in [0.05, 0.1) is 10.9 Å². The second-order valence-electron chi connectivity index (χ2n) is 6.29. The van der Waals surface area contributed by atoms with Crippen molar-refractivity contribution in [3.63, 3.8) is 0 Å². The van der Waals surface area contributed by atoms with E-state index in [1.54, 1.807) is 19.1 Å². The van der Waals surface area contributed by atoms with Crippen LogP contribution in [0.2, 0.25) is 5.02 Å². The first-order valence-electron chi connectivity index (χ1n) is 7.42. The van der Waals surface area contributed by atoms with E-state index in [0.29, 0.717) is 28.2 Å². The molecule has 1 unspecified atom stereocenters. The minimum absolute atomic E-state index is 0.232. The number of halogens is 1. The van der Waals surface area contributed by atoms with Gasteiger partial charge in [-0.05, 0) is 43.7 Å². The van der Waals surface area contributed by atoms with Gasteiger partial charge in [-0.3, -0.25) is 9.36 Å². The summed E-state index contributed by atoms with van der Waals surface area (Å²) in [7, 11) is 0. The molecule has 1 atom stereocenters. The summed E-state index contributed by atoms with van der Waals surface area (Å²) in [5, 5.41) is 11.9. The molecule has 0 aliphatic carbocycles. The van der Waals surface area contributed by atoms with Crippen LogP contribution in [0.5, 0.6) is 0 Å². The number of aromatic nitrogens is 2. The van der Waals surface area contributed by atoms with Crippen molar-refractivity contribution in [1.29, 1.82) is 0 Å². The van der Waals surface area contributed by atoms with Crippen LogP contribution in [0.4, 0.5) is 0 Å². The standard InChI is InChI=1S/C18H15ClN2O2/c1-10-3-6-15-14(7-10)17(22)21-16(20-15)13-8-12(19)5-4-11(13)9-18(21,2)23/h3-8,23H,9H2,1-2H3. The minimum Gasteiger partial charge on any atom is -0.370 e. The summed E-state index contributed by atoms with van der Waals surface area (Å²) in [6.45, 7) is 3.56. The van der Waals surface area contributed by atoms with Crippen LogP contribution in [-0.4, -0.2) is 14.7 Å². The Kier molecular flexibility index (Phi) is 2.92. The van der Waals surface area contributed by atoms with Crippen molar-refractivity contribution in [2.75, 3.05) is 0 Å². The third kappa shape index (κ3) is 2.10. The molecule has 1 N–H and O–H groups in total. The number of nitrogens with zero attached hydrogens (tertiary/aromatic N) is 2. The Morgan fingerprint density at radius 1 is 1.26 bits per heavy atom. The predicted molar refractivity (Wildman–Crippen MR) is 90.8 cm³/mol. The number of benzene rings is 2. The van der Waals surface area contributed by atoms with Crippen LogP contribution in [0.1, 0.15) is 18.1 Å². The third-order valence-corrected chi connectivity index (χ3v) is 4.58. The van der Waals surface area contributed by atoms with E-state index in [1.807, 2.05) is 31.2 Å².